The first-order valence-corrected chi connectivity index (χ1v) is 6.84. The summed E-state index contributed by atoms with van der Waals surface area (Å²) in [6, 6.07) is 12.5. The molecule has 0 unspecified atom stereocenters. The van der Waals surface area contributed by atoms with Crippen molar-refractivity contribution < 1.29 is 9.53 Å². The van der Waals surface area contributed by atoms with E-state index in [2.05, 4.69) is 5.32 Å². The van der Waals surface area contributed by atoms with Gasteiger partial charge < -0.3 is 15.0 Å². The van der Waals surface area contributed by atoms with Crippen LogP contribution in [0, 0.1) is 0 Å². The van der Waals surface area contributed by atoms with Crippen LogP contribution in [0.25, 0.3) is 0 Å². The molecule has 0 aliphatic carbocycles. The number of nitrogens with zero attached hydrogens (tertiary/aromatic N) is 1. The van der Waals surface area contributed by atoms with E-state index >= 15 is 0 Å². The summed E-state index contributed by atoms with van der Waals surface area (Å²) >= 11 is 5.99. The number of hydrogen-bond donors (Lipinski definition) is 1. The summed E-state index contributed by atoms with van der Waals surface area (Å²) in [7, 11) is 5.10. The highest BCUT2D eigenvalue weighted by atomic mass is 35.5. The zero-order chi connectivity index (χ0) is 15.4. The van der Waals surface area contributed by atoms with E-state index in [1.54, 1.807) is 44.3 Å². The third-order valence-electron chi connectivity index (χ3n) is 3.25. The highest BCUT2D eigenvalue weighted by Gasteiger charge is 2.17. The van der Waals surface area contributed by atoms with E-state index < -0.39 is 0 Å². The second-order valence-corrected chi connectivity index (χ2v) is 4.94. The van der Waals surface area contributed by atoms with Gasteiger partial charge in [-0.15, -0.1) is 0 Å². The summed E-state index contributed by atoms with van der Waals surface area (Å²) in [4.78, 5) is 14.2. The van der Waals surface area contributed by atoms with E-state index in [1.165, 1.54) is 0 Å². The van der Waals surface area contributed by atoms with Crippen LogP contribution in [0.5, 0.6) is 5.75 Å². The lowest BCUT2D eigenvalue weighted by Gasteiger charge is -2.19. The maximum absolute atomic E-state index is 12.6. The van der Waals surface area contributed by atoms with Crippen molar-refractivity contribution >= 4 is 28.9 Å². The highest BCUT2D eigenvalue weighted by molar-refractivity contribution is 6.31. The van der Waals surface area contributed by atoms with Crippen molar-refractivity contribution in [2.24, 2.45) is 0 Å². The Morgan fingerprint density at radius 1 is 1.19 bits per heavy atom. The number of rotatable bonds is 4. The molecule has 2 aromatic rings. The molecule has 110 valence electrons. The average molecular weight is 305 g/mol. The molecule has 0 aliphatic rings. The summed E-state index contributed by atoms with van der Waals surface area (Å²) in [5.74, 6) is 0.616. The molecule has 0 aromatic heterocycles. The van der Waals surface area contributed by atoms with E-state index in [0.717, 1.165) is 17.1 Å². The summed E-state index contributed by atoms with van der Waals surface area (Å²) in [5, 5.41) is 3.53. The number of anilines is 2. The molecule has 1 N–H and O–H groups in total. The number of methoxy groups -OCH3 is 1. The van der Waals surface area contributed by atoms with Gasteiger partial charge in [0.05, 0.1) is 12.7 Å². The van der Waals surface area contributed by atoms with Crippen LogP contribution in [0.4, 0.5) is 11.4 Å². The molecule has 5 heteroatoms. The molecule has 0 fully saturated rings. The fourth-order valence-corrected chi connectivity index (χ4v) is 2.19. The first kappa shape index (κ1) is 15.2. The fraction of sp³-hybridized carbons (Fsp3) is 0.188. The molecular formula is C16H17ClN2O2. The Hall–Kier alpha value is -2.20. The molecule has 2 rings (SSSR count). The number of carbonyl (C=O) groups is 1. The van der Waals surface area contributed by atoms with Gasteiger partial charge in [-0.25, -0.2) is 0 Å². The lowest BCUT2D eigenvalue weighted by molar-refractivity contribution is 0.0993. The van der Waals surface area contributed by atoms with Crippen molar-refractivity contribution in [3.63, 3.8) is 0 Å². The Labute approximate surface area is 129 Å². The minimum atomic E-state index is -0.132. The molecule has 0 radical (unpaired) electrons. The van der Waals surface area contributed by atoms with Gasteiger partial charge >= 0.3 is 0 Å². The molecule has 0 heterocycles. The largest absolute Gasteiger partial charge is 0.497 e. The maximum atomic E-state index is 12.6. The van der Waals surface area contributed by atoms with Gasteiger partial charge in [-0.1, -0.05) is 11.6 Å². The van der Waals surface area contributed by atoms with E-state index in [4.69, 9.17) is 16.3 Å². The monoisotopic (exact) mass is 304 g/mol. The quantitative estimate of drug-likeness (QED) is 0.937. The van der Waals surface area contributed by atoms with Crippen LogP contribution in [0.1, 0.15) is 10.4 Å². The first-order valence-electron chi connectivity index (χ1n) is 6.46. The first-order chi connectivity index (χ1) is 10.1. The van der Waals surface area contributed by atoms with Crippen LogP contribution < -0.4 is 15.0 Å². The van der Waals surface area contributed by atoms with Gasteiger partial charge in [0.2, 0.25) is 0 Å². The molecule has 2 aromatic carbocycles. The SMILES string of the molecule is CNc1ccc(Cl)cc1C(=O)N(C)c1ccc(OC)cc1. The van der Waals surface area contributed by atoms with E-state index in [1.807, 2.05) is 24.3 Å². The second kappa shape index (κ2) is 6.50. The Kier molecular flexibility index (Phi) is 4.70. The van der Waals surface area contributed by atoms with Gasteiger partial charge in [-0.2, -0.15) is 0 Å². The van der Waals surface area contributed by atoms with Gasteiger partial charge in [0, 0.05) is 30.5 Å². The molecule has 0 bridgehead atoms. The molecule has 21 heavy (non-hydrogen) atoms. The summed E-state index contributed by atoms with van der Waals surface area (Å²) in [5.41, 5.74) is 2.05. The van der Waals surface area contributed by atoms with Crippen LogP contribution in [0.15, 0.2) is 42.5 Å². The van der Waals surface area contributed by atoms with Gasteiger partial charge in [-0.05, 0) is 42.5 Å². The summed E-state index contributed by atoms with van der Waals surface area (Å²) < 4.78 is 5.12. The smallest absolute Gasteiger partial charge is 0.260 e. The minimum Gasteiger partial charge on any atom is -0.497 e. The minimum absolute atomic E-state index is 0.132. The normalized spacial score (nSPS) is 10.1. The molecular weight excluding hydrogens is 288 g/mol. The second-order valence-electron chi connectivity index (χ2n) is 4.50. The molecule has 1 amide bonds. The zero-order valence-electron chi connectivity index (χ0n) is 12.2. The van der Waals surface area contributed by atoms with Gasteiger partial charge in [0.15, 0.2) is 0 Å². The highest BCUT2D eigenvalue weighted by Crippen LogP contribution is 2.25. The predicted molar refractivity (Wildman–Crippen MR) is 86.7 cm³/mol. The number of nitrogens with one attached hydrogen (secondary N) is 1. The molecule has 0 aliphatic heterocycles. The van der Waals surface area contributed by atoms with Crippen molar-refractivity contribution in [1.29, 1.82) is 0 Å². The topological polar surface area (TPSA) is 41.6 Å². The van der Waals surface area contributed by atoms with E-state index in [-0.39, 0.29) is 5.91 Å². The molecule has 0 saturated heterocycles. The molecule has 4 nitrogen and oxygen atoms in total. The lowest BCUT2D eigenvalue weighted by atomic mass is 10.1. The Morgan fingerprint density at radius 3 is 2.43 bits per heavy atom. The number of amides is 1. The van der Waals surface area contributed by atoms with Crippen LogP contribution in [-0.4, -0.2) is 27.1 Å². The Balaban J connectivity index is 2.32. The average Bonchev–Trinajstić information content (AvgIpc) is 2.53. The number of benzene rings is 2. The fourth-order valence-electron chi connectivity index (χ4n) is 2.02. The number of ether oxygens (including phenoxy) is 1. The number of halogens is 1. The number of carbonyl (C=O) groups excluding carboxylic acids is 1. The number of hydrogen-bond acceptors (Lipinski definition) is 3. The molecule has 0 saturated carbocycles. The van der Waals surface area contributed by atoms with Crippen molar-refractivity contribution in [3.05, 3.63) is 53.1 Å². The lowest BCUT2D eigenvalue weighted by Crippen LogP contribution is -2.26. The van der Waals surface area contributed by atoms with Crippen molar-refractivity contribution in [2.75, 3.05) is 31.4 Å². The summed E-state index contributed by atoms with van der Waals surface area (Å²) in [6.45, 7) is 0. The predicted octanol–water partition coefficient (Wildman–Crippen LogP) is 3.67. The maximum Gasteiger partial charge on any atom is 0.260 e. The van der Waals surface area contributed by atoms with Gasteiger partial charge in [0.1, 0.15) is 5.75 Å². The standard InChI is InChI=1S/C16H17ClN2O2/c1-18-15-9-4-11(17)10-14(15)16(20)19(2)12-5-7-13(21-3)8-6-12/h4-10,18H,1-3H3. The van der Waals surface area contributed by atoms with Crippen LogP contribution in [0.3, 0.4) is 0 Å². The van der Waals surface area contributed by atoms with Crippen LogP contribution in [-0.2, 0) is 0 Å². The Morgan fingerprint density at radius 2 is 1.86 bits per heavy atom. The van der Waals surface area contributed by atoms with Gasteiger partial charge in [-0.3, -0.25) is 4.79 Å². The van der Waals surface area contributed by atoms with Crippen molar-refractivity contribution in [3.8, 4) is 5.75 Å². The van der Waals surface area contributed by atoms with Crippen LogP contribution in [0.2, 0.25) is 5.02 Å². The summed E-state index contributed by atoms with van der Waals surface area (Å²) in [6.07, 6.45) is 0. The third-order valence-corrected chi connectivity index (χ3v) is 3.48. The van der Waals surface area contributed by atoms with E-state index in [9.17, 15) is 4.79 Å². The van der Waals surface area contributed by atoms with Crippen LogP contribution >= 0.6 is 11.6 Å². The van der Waals surface area contributed by atoms with Crippen molar-refractivity contribution in [2.45, 2.75) is 0 Å². The molecule has 0 spiro atoms. The third kappa shape index (κ3) is 3.28. The molecule has 0 atom stereocenters. The van der Waals surface area contributed by atoms with Crippen molar-refractivity contribution in [1.82, 2.24) is 0 Å². The zero-order valence-corrected chi connectivity index (χ0v) is 12.9. The van der Waals surface area contributed by atoms with E-state index in [0.29, 0.717) is 10.6 Å². The van der Waals surface area contributed by atoms with Gasteiger partial charge in [0.25, 0.3) is 5.91 Å². The Bertz CT molecular complexity index is 641.